The van der Waals surface area contributed by atoms with Crippen LogP contribution in [0.2, 0.25) is 0 Å². The van der Waals surface area contributed by atoms with Crippen molar-refractivity contribution in [2.45, 2.75) is 4.90 Å². The van der Waals surface area contributed by atoms with Crippen LogP contribution in [0.15, 0.2) is 59.8 Å². The van der Waals surface area contributed by atoms with Gasteiger partial charge in [-0.25, -0.2) is 4.21 Å². The first-order chi connectivity index (χ1) is 6.86. The Morgan fingerprint density at radius 3 is 2.29 bits per heavy atom. The average molecular weight is 207 g/mol. The van der Waals surface area contributed by atoms with Crippen LogP contribution in [0.25, 0.3) is 0 Å². The van der Waals surface area contributed by atoms with Crippen molar-refractivity contribution in [2.24, 2.45) is 0 Å². The zero-order valence-electron chi connectivity index (χ0n) is 7.37. The highest BCUT2D eigenvalue weighted by molar-refractivity contribution is 7.80. The monoisotopic (exact) mass is 207 g/mol. The summed E-state index contributed by atoms with van der Waals surface area (Å²) in [6, 6.07) is 12.7. The average Bonchev–Trinajstić information content (AvgIpc) is 2.72. The van der Waals surface area contributed by atoms with Gasteiger partial charge in [0.05, 0.1) is 4.90 Å². The van der Waals surface area contributed by atoms with Gasteiger partial charge in [-0.1, -0.05) is 18.2 Å². The fraction of sp³-hybridized carbons (Fsp3) is 0. The van der Waals surface area contributed by atoms with Gasteiger partial charge in [0.1, 0.15) is 0 Å². The van der Waals surface area contributed by atoms with Crippen LogP contribution in [0.1, 0.15) is 0 Å². The molecule has 0 bridgehead atoms. The van der Waals surface area contributed by atoms with Gasteiger partial charge >= 0.3 is 0 Å². The minimum Gasteiger partial charge on any atom is -0.306 e. The predicted molar refractivity (Wildman–Crippen MR) is 53.9 cm³/mol. The highest BCUT2D eigenvalue weighted by Gasteiger charge is 2.03. The van der Waals surface area contributed by atoms with Crippen LogP contribution in [-0.4, -0.2) is 8.94 Å². The van der Waals surface area contributed by atoms with Gasteiger partial charge < -0.3 is 4.28 Å². The van der Waals surface area contributed by atoms with Gasteiger partial charge in [0.15, 0.2) is 0 Å². The van der Waals surface area contributed by atoms with E-state index in [0.29, 0.717) is 4.90 Å². The van der Waals surface area contributed by atoms with Crippen molar-refractivity contribution in [1.82, 2.24) is 4.73 Å². The number of nitrogens with zero attached hydrogens (tertiary/aromatic N) is 1. The number of aromatic nitrogens is 1. The first kappa shape index (κ1) is 9.02. The second-order valence-corrected chi connectivity index (χ2v) is 3.76. The Bertz CT molecular complexity index is 411. The van der Waals surface area contributed by atoms with E-state index in [1.54, 1.807) is 24.5 Å². The van der Waals surface area contributed by atoms with Gasteiger partial charge in [0.25, 0.3) is 11.1 Å². The Hall–Kier alpha value is -1.55. The molecule has 0 saturated carbocycles. The lowest BCUT2D eigenvalue weighted by Crippen LogP contribution is -2.12. The Balaban J connectivity index is 2.11. The SMILES string of the molecule is O=S(On1cccc1)c1ccccc1. The molecule has 0 aliphatic heterocycles. The molecule has 0 spiro atoms. The van der Waals surface area contributed by atoms with Crippen LogP contribution in [-0.2, 0) is 11.1 Å². The van der Waals surface area contributed by atoms with Gasteiger partial charge in [-0.2, -0.15) is 4.73 Å². The van der Waals surface area contributed by atoms with Crippen molar-refractivity contribution in [3.8, 4) is 0 Å². The van der Waals surface area contributed by atoms with Gasteiger partial charge in [0, 0.05) is 12.4 Å². The van der Waals surface area contributed by atoms with E-state index in [9.17, 15) is 4.21 Å². The highest BCUT2D eigenvalue weighted by Crippen LogP contribution is 2.04. The standard InChI is InChI=1S/C10H9NO2S/c12-14(10-6-2-1-3-7-10)13-11-8-4-5-9-11/h1-9H. The third-order valence-electron chi connectivity index (χ3n) is 1.67. The van der Waals surface area contributed by atoms with Crippen LogP contribution >= 0.6 is 0 Å². The third-order valence-corrected chi connectivity index (χ3v) is 2.63. The van der Waals surface area contributed by atoms with Gasteiger partial charge in [0.2, 0.25) is 0 Å². The molecule has 0 N–H and O–H groups in total. The summed E-state index contributed by atoms with van der Waals surface area (Å²) in [6.07, 6.45) is 3.39. The van der Waals surface area contributed by atoms with Crippen molar-refractivity contribution in [1.29, 1.82) is 0 Å². The minimum atomic E-state index is -1.45. The maximum absolute atomic E-state index is 11.6. The molecule has 4 heteroatoms. The van der Waals surface area contributed by atoms with E-state index >= 15 is 0 Å². The Labute approximate surface area is 84.6 Å². The molecule has 2 rings (SSSR count). The van der Waals surface area contributed by atoms with Crippen LogP contribution in [0.3, 0.4) is 0 Å². The molecule has 0 saturated heterocycles. The molecule has 1 aromatic heterocycles. The summed E-state index contributed by atoms with van der Waals surface area (Å²) in [7, 11) is 0. The fourth-order valence-corrected chi connectivity index (χ4v) is 1.74. The fourth-order valence-electron chi connectivity index (χ4n) is 1.02. The lowest BCUT2D eigenvalue weighted by atomic mass is 10.4. The maximum atomic E-state index is 11.6. The molecule has 1 unspecified atom stereocenters. The summed E-state index contributed by atoms with van der Waals surface area (Å²) < 4.78 is 18.1. The predicted octanol–water partition coefficient (Wildman–Crippen LogP) is 1.64. The highest BCUT2D eigenvalue weighted by atomic mass is 32.2. The summed E-state index contributed by atoms with van der Waals surface area (Å²) in [5.74, 6) is 0. The van der Waals surface area contributed by atoms with E-state index in [-0.39, 0.29) is 0 Å². The summed E-state index contributed by atoms with van der Waals surface area (Å²) in [5.41, 5.74) is 0. The number of rotatable bonds is 3. The van der Waals surface area contributed by atoms with Gasteiger partial charge in [-0.15, -0.1) is 0 Å². The van der Waals surface area contributed by atoms with E-state index in [0.717, 1.165) is 0 Å². The molecule has 0 fully saturated rings. The zero-order valence-corrected chi connectivity index (χ0v) is 8.18. The maximum Gasteiger partial charge on any atom is 0.263 e. The molecule has 1 atom stereocenters. The molecule has 3 nitrogen and oxygen atoms in total. The minimum absolute atomic E-state index is 0.654. The number of hydrogen-bond acceptors (Lipinski definition) is 2. The Morgan fingerprint density at radius 2 is 1.64 bits per heavy atom. The lowest BCUT2D eigenvalue weighted by molar-refractivity contribution is 0.304. The van der Waals surface area contributed by atoms with E-state index in [1.807, 2.05) is 30.3 Å². The second kappa shape index (κ2) is 4.11. The van der Waals surface area contributed by atoms with Crippen LogP contribution in [0.4, 0.5) is 0 Å². The molecule has 2 aromatic rings. The van der Waals surface area contributed by atoms with Crippen molar-refractivity contribution in [2.75, 3.05) is 0 Å². The molecule has 1 heterocycles. The lowest BCUT2D eigenvalue weighted by Gasteiger charge is -2.03. The van der Waals surface area contributed by atoms with Crippen molar-refractivity contribution in [3.05, 3.63) is 54.9 Å². The van der Waals surface area contributed by atoms with E-state index < -0.39 is 11.1 Å². The quantitative estimate of drug-likeness (QED) is 0.766. The van der Waals surface area contributed by atoms with Gasteiger partial charge in [-0.3, -0.25) is 0 Å². The van der Waals surface area contributed by atoms with E-state index in [1.165, 1.54) is 4.73 Å². The molecule has 1 aromatic carbocycles. The third kappa shape index (κ3) is 2.03. The van der Waals surface area contributed by atoms with Crippen LogP contribution in [0, 0.1) is 0 Å². The topological polar surface area (TPSA) is 31.2 Å². The largest absolute Gasteiger partial charge is 0.306 e. The van der Waals surface area contributed by atoms with Crippen molar-refractivity contribution >= 4 is 11.1 Å². The molecular weight excluding hydrogens is 198 g/mol. The second-order valence-electron chi connectivity index (χ2n) is 2.67. The zero-order chi connectivity index (χ0) is 9.80. The number of benzene rings is 1. The number of hydrogen-bond donors (Lipinski definition) is 0. The Kier molecular flexibility index (Phi) is 2.65. The summed E-state index contributed by atoms with van der Waals surface area (Å²) in [5, 5.41) is 0. The molecule has 0 aliphatic carbocycles. The normalized spacial score (nSPS) is 12.3. The van der Waals surface area contributed by atoms with E-state index in [2.05, 4.69) is 0 Å². The summed E-state index contributed by atoms with van der Waals surface area (Å²) in [6.45, 7) is 0. The summed E-state index contributed by atoms with van der Waals surface area (Å²) >= 11 is -1.45. The van der Waals surface area contributed by atoms with Crippen LogP contribution in [0.5, 0.6) is 0 Å². The molecule has 14 heavy (non-hydrogen) atoms. The van der Waals surface area contributed by atoms with E-state index in [4.69, 9.17) is 4.28 Å². The first-order valence-electron chi connectivity index (χ1n) is 4.15. The molecule has 72 valence electrons. The van der Waals surface area contributed by atoms with Crippen molar-refractivity contribution < 1.29 is 8.49 Å². The van der Waals surface area contributed by atoms with Crippen molar-refractivity contribution in [3.63, 3.8) is 0 Å². The molecule has 0 radical (unpaired) electrons. The summed E-state index contributed by atoms with van der Waals surface area (Å²) in [4.78, 5) is 0.654. The Morgan fingerprint density at radius 1 is 1.00 bits per heavy atom. The molecule has 0 aliphatic rings. The van der Waals surface area contributed by atoms with Crippen LogP contribution < -0.4 is 4.28 Å². The van der Waals surface area contributed by atoms with Gasteiger partial charge in [-0.05, 0) is 24.3 Å². The first-order valence-corrected chi connectivity index (χ1v) is 5.22. The molecular formula is C10H9NO2S. The molecule has 0 amide bonds. The smallest absolute Gasteiger partial charge is 0.263 e.